The van der Waals surface area contributed by atoms with Crippen LogP contribution in [0.15, 0.2) is 42.0 Å². The highest BCUT2D eigenvalue weighted by atomic mass is 127. The third-order valence-electron chi connectivity index (χ3n) is 3.57. The maximum absolute atomic E-state index is 12.4. The lowest BCUT2D eigenvalue weighted by molar-refractivity contribution is -0.132. The minimum Gasteiger partial charge on any atom is -0.493 e. The van der Waals surface area contributed by atoms with Gasteiger partial charge in [-0.2, -0.15) is 5.26 Å². The van der Waals surface area contributed by atoms with Crippen LogP contribution in [0.1, 0.15) is 18.1 Å². The van der Waals surface area contributed by atoms with Gasteiger partial charge in [0.25, 0.3) is 5.91 Å². The third kappa shape index (κ3) is 5.31. The number of rotatable bonds is 5. The zero-order valence-electron chi connectivity index (χ0n) is 15.0. The lowest BCUT2D eigenvalue weighted by Crippen LogP contribution is -2.14. The van der Waals surface area contributed by atoms with Crippen molar-refractivity contribution >= 4 is 46.2 Å². The van der Waals surface area contributed by atoms with Gasteiger partial charge in [0.15, 0.2) is 11.5 Å². The molecular formula is C20H17IN2O4. The first kappa shape index (κ1) is 20.5. The van der Waals surface area contributed by atoms with E-state index in [-0.39, 0.29) is 5.57 Å². The number of nitrogens with zero attached hydrogens (tertiary/aromatic N) is 1. The number of para-hydroxylation sites is 1. The van der Waals surface area contributed by atoms with Crippen LogP contribution in [0.4, 0.5) is 5.69 Å². The fourth-order valence-corrected chi connectivity index (χ4v) is 3.02. The molecule has 2 aromatic rings. The molecule has 0 fully saturated rings. The summed E-state index contributed by atoms with van der Waals surface area (Å²) in [5, 5.41) is 12.1. The number of carbonyl (C=O) groups excluding carboxylic acids is 2. The van der Waals surface area contributed by atoms with Crippen LogP contribution in [0.5, 0.6) is 11.5 Å². The first-order valence-corrected chi connectivity index (χ1v) is 8.98. The Balaban J connectivity index is 2.35. The largest absolute Gasteiger partial charge is 0.493 e. The summed E-state index contributed by atoms with van der Waals surface area (Å²) in [4.78, 5) is 23.7. The Morgan fingerprint density at radius 1 is 1.26 bits per heavy atom. The predicted octanol–water partition coefficient (Wildman–Crippen LogP) is 4.08. The first-order valence-electron chi connectivity index (χ1n) is 7.90. The minimum atomic E-state index is -0.509. The molecule has 1 N–H and O–H groups in total. The number of nitrogens with one attached hydrogen (secondary N) is 1. The molecule has 6 nitrogen and oxygen atoms in total. The Hall–Kier alpha value is -2.86. The molecule has 0 aromatic heterocycles. The van der Waals surface area contributed by atoms with E-state index >= 15 is 0 Å². The highest BCUT2D eigenvalue weighted by molar-refractivity contribution is 14.1. The van der Waals surface area contributed by atoms with Crippen LogP contribution in [-0.2, 0) is 9.59 Å². The van der Waals surface area contributed by atoms with E-state index in [9.17, 15) is 14.9 Å². The second kappa shape index (κ2) is 9.19. The quantitative estimate of drug-likeness (QED) is 0.231. The molecule has 1 amide bonds. The maximum atomic E-state index is 12.4. The second-order valence-corrected chi connectivity index (χ2v) is 6.73. The number of carbonyl (C=O) groups is 2. The molecule has 0 saturated heterocycles. The van der Waals surface area contributed by atoms with Gasteiger partial charge in [0.1, 0.15) is 11.6 Å². The fraction of sp³-hybridized carbons (Fsp3) is 0.150. The summed E-state index contributed by atoms with van der Waals surface area (Å²) >= 11 is 2.00. The number of aryl methyl sites for hydroxylation is 1. The normalized spacial score (nSPS) is 10.7. The van der Waals surface area contributed by atoms with E-state index in [0.717, 1.165) is 5.56 Å². The number of amides is 1. The number of ether oxygens (including phenoxy) is 2. The van der Waals surface area contributed by atoms with Crippen molar-refractivity contribution < 1.29 is 19.1 Å². The van der Waals surface area contributed by atoms with Crippen LogP contribution < -0.4 is 14.8 Å². The third-order valence-corrected chi connectivity index (χ3v) is 4.37. The maximum Gasteiger partial charge on any atom is 0.308 e. The van der Waals surface area contributed by atoms with Crippen molar-refractivity contribution in [1.82, 2.24) is 0 Å². The molecule has 138 valence electrons. The van der Waals surface area contributed by atoms with Gasteiger partial charge < -0.3 is 14.8 Å². The number of methoxy groups -OCH3 is 1. The van der Waals surface area contributed by atoms with Crippen molar-refractivity contribution in [3.63, 3.8) is 0 Å². The average Bonchev–Trinajstić information content (AvgIpc) is 2.63. The lowest BCUT2D eigenvalue weighted by Gasteiger charge is -2.11. The fourth-order valence-electron chi connectivity index (χ4n) is 2.28. The van der Waals surface area contributed by atoms with Gasteiger partial charge >= 0.3 is 5.97 Å². The zero-order chi connectivity index (χ0) is 20.0. The molecule has 0 radical (unpaired) electrons. The van der Waals surface area contributed by atoms with Gasteiger partial charge in [-0.25, -0.2) is 0 Å². The van der Waals surface area contributed by atoms with Crippen molar-refractivity contribution in [3.05, 3.63) is 56.7 Å². The summed E-state index contributed by atoms with van der Waals surface area (Å²) < 4.78 is 11.0. The van der Waals surface area contributed by atoms with Crippen LogP contribution in [0.3, 0.4) is 0 Å². The summed E-state index contributed by atoms with van der Waals surface area (Å²) in [5.74, 6) is -0.347. The lowest BCUT2D eigenvalue weighted by atomic mass is 10.1. The topological polar surface area (TPSA) is 88.4 Å². The number of benzene rings is 2. The molecule has 27 heavy (non-hydrogen) atoms. The van der Waals surface area contributed by atoms with Crippen molar-refractivity contribution in [2.75, 3.05) is 12.4 Å². The summed E-state index contributed by atoms with van der Waals surface area (Å²) in [6, 6.07) is 12.5. The van der Waals surface area contributed by atoms with E-state index in [1.165, 1.54) is 20.1 Å². The Morgan fingerprint density at radius 2 is 1.96 bits per heavy atom. The van der Waals surface area contributed by atoms with E-state index in [1.807, 2.05) is 47.7 Å². The molecule has 2 aromatic carbocycles. The van der Waals surface area contributed by atoms with Crippen molar-refractivity contribution in [1.29, 1.82) is 5.26 Å². The number of hydrogen-bond acceptors (Lipinski definition) is 5. The highest BCUT2D eigenvalue weighted by Crippen LogP contribution is 2.34. The number of nitriles is 1. The second-order valence-electron chi connectivity index (χ2n) is 5.57. The SMILES string of the molecule is COc1cc(/C=C(\C#N)C(=O)Nc2ccccc2C)cc(I)c1OC(C)=O. The molecule has 0 spiro atoms. The molecule has 0 aliphatic carbocycles. The Kier molecular flexibility index (Phi) is 6.96. The molecule has 7 heteroatoms. The summed E-state index contributed by atoms with van der Waals surface area (Å²) in [6.45, 7) is 3.17. The van der Waals surface area contributed by atoms with E-state index in [2.05, 4.69) is 5.32 Å². The van der Waals surface area contributed by atoms with Crippen LogP contribution in [-0.4, -0.2) is 19.0 Å². The number of hydrogen-bond donors (Lipinski definition) is 1. The van der Waals surface area contributed by atoms with E-state index in [0.29, 0.717) is 26.3 Å². The smallest absolute Gasteiger partial charge is 0.308 e. The van der Waals surface area contributed by atoms with Crippen LogP contribution >= 0.6 is 22.6 Å². The van der Waals surface area contributed by atoms with E-state index < -0.39 is 11.9 Å². The predicted molar refractivity (Wildman–Crippen MR) is 110 cm³/mol. The van der Waals surface area contributed by atoms with Gasteiger partial charge in [-0.05, 0) is 64.9 Å². The Labute approximate surface area is 170 Å². The summed E-state index contributed by atoms with van der Waals surface area (Å²) in [6.07, 6.45) is 1.45. The van der Waals surface area contributed by atoms with Gasteiger partial charge in [-0.1, -0.05) is 18.2 Å². The highest BCUT2D eigenvalue weighted by Gasteiger charge is 2.15. The van der Waals surface area contributed by atoms with Crippen molar-refractivity contribution in [2.24, 2.45) is 0 Å². The van der Waals surface area contributed by atoms with Gasteiger partial charge in [-0.15, -0.1) is 0 Å². The standard InChI is InChI=1S/C20H17IN2O4/c1-12-6-4-5-7-17(12)23-20(25)15(11-22)8-14-9-16(21)19(27-13(2)24)18(10-14)26-3/h4-10H,1-3H3,(H,23,25)/b15-8+. The molecule has 2 rings (SSSR count). The first-order chi connectivity index (χ1) is 12.8. The van der Waals surface area contributed by atoms with Gasteiger partial charge in [0, 0.05) is 12.6 Å². The number of halogens is 1. The molecule has 0 atom stereocenters. The van der Waals surface area contributed by atoms with Crippen molar-refractivity contribution in [2.45, 2.75) is 13.8 Å². The zero-order valence-corrected chi connectivity index (χ0v) is 17.2. The van der Waals surface area contributed by atoms with Gasteiger partial charge in [0.2, 0.25) is 0 Å². The van der Waals surface area contributed by atoms with E-state index in [4.69, 9.17) is 9.47 Å². The molecule has 0 bridgehead atoms. The molecule has 0 unspecified atom stereocenters. The molecule has 0 aliphatic heterocycles. The molecule has 0 aliphatic rings. The average molecular weight is 476 g/mol. The summed E-state index contributed by atoms with van der Waals surface area (Å²) in [5.41, 5.74) is 2.05. The molecule has 0 saturated carbocycles. The molecule has 0 heterocycles. The Bertz CT molecular complexity index is 961. The minimum absolute atomic E-state index is 0.0589. The van der Waals surface area contributed by atoms with Crippen molar-refractivity contribution in [3.8, 4) is 17.6 Å². The molecular weight excluding hydrogens is 459 g/mol. The van der Waals surface area contributed by atoms with Crippen LogP contribution in [0.2, 0.25) is 0 Å². The number of anilines is 1. The van der Waals surface area contributed by atoms with Gasteiger partial charge in [-0.3, -0.25) is 9.59 Å². The van der Waals surface area contributed by atoms with E-state index in [1.54, 1.807) is 24.3 Å². The van der Waals surface area contributed by atoms with Crippen LogP contribution in [0, 0.1) is 21.8 Å². The number of esters is 1. The monoisotopic (exact) mass is 476 g/mol. The van der Waals surface area contributed by atoms with Gasteiger partial charge in [0.05, 0.1) is 10.7 Å². The van der Waals surface area contributed by atoms with Crippen LogP contribution in [0.25, 0.3) is 6.08 Å². The Morgan fingerprint density at radius 3 is 2.56 bits per heavy atom. The summed E-state index contributed by atoms with van der Waals surface area (Å²) in [7, 11) is 1.45.